The highest BCUT2D eigenvalue weighted by molar-refractivity contribution is 7.98. The molecule has 0 radical (unpaired) electrons. The van der Waals surface area contributed by atoms with Gasteiger partial charge in [0, 0.05) is 23.5 Å². The van der Waals surface area contributed by atoms with Crippen molar-refractivity contribution in [3.63, 3.8) is 0 Å². The predicted molar refractivity (Wildman–Crippen MR) is 104 cm³/mol. The Labute approximate surface area is 185 Å². The third kappa shape index (κ3) is 5.50. The molecule has 172 valence electrons. The van der Waals surface area contributed by atoms with Gasteiger partial charge in [0.05, 0.1) is 11.3 Å². The lowest BCUT2D eigenvalue weighted by molar-refractivity contribution is -0.141. The molecule has 0 saturated carbocycles. The van der Waals surface area contributed by atoms with Gasteiger partial charge in [-0.2, -0.15) is 31.3 Å². The van der Waals surface area contributed by atoms with Crippen LogP contribution in [0, 0.1) is 0 Å². The molecule has 7 nitrogen and oxygen atoms in total. The molecule has 3 heterocycles. The standard InChI is InChI=1S/C19H12F6N6OS/c20-18(21,22)10-31-16(12-5-7-26-8-6-12)28-29-17(31)33-9-14-27-15(30-32-14)11-1-3-13(4-2-11)19(23,24)25/h1-8H,9-10H2. The summed E-state index contributed by atoms with van der Waals surface area (Å²) in [6.45, 7) is -1.30. The molecule has 4 rings (SSSR count). The molecule has 0 spiro atoms. The summed E-state index contributed by atoms with van der Waals surface area (Å²) >= 11 is 0.899. The van der Waals surface area contributed by atoms with Crippen molar-refractivity contribution < 1.29 is 30.9 Å². The summed E-state index contributed by atoms with van der Waals surface area (Å²) in [4.78, 5) is 7.92. The number of rotatable bonds is 6. The lowest BCUT2D eigenvalue weighted by atomic mass is 10.1. The quantitative estimate of drug-likeness (QED) is 0.272. The van der Waals surface area contributed by atoms with Crippen molar-refractivity contribution in [1.29, 1.82) is 0 Å². The van der Waals surface area contributed by atoms with Gasteiger partial charge in [0.1, 0.15) is 6.54 Å². The highest BCUT2D eigenvalue weighted by Crippen LogP contribution is 2.32. The van der Waals surface area contributed by atoms with Crippen molar-refractivity contribution in [2.45, 2.75) is 29.8 Å². The molecular formula is C19H12F6N6OS. The van der Waals surface area contributed by atoms with Crippen molar-refractivity contribution >= 4 is 11.8 Å². The molecular weight excluding hydrogens is 474 g/mol. The first kappa shape index (κ1) is 22.8. The van der Waals surface area contributed by atoms with E-state index in [-0.39, 0.29) is 28.4 Å². The summed E-state index contributed by atoms with van der Waals surface area (Å²) in [5.41, 5.74) is -0.112. The molecule has 0 saturated heterocycles. The van der Waals surface area contributed by atoms with E-state index in [9.17, 15) is 26.3 Å². The maximum absolute atomic E-state index is 13.1. The van der Waals surface area contributed by atoms with Gasteiger partial charge in [0.15, 0.2) is 11.0 Å². The fraction of sp³-hybridized carbons (Fsp3) is 0.211. The number of thioether (sulfide) groups is 1. The van der Waals surface area contributed by atoms with Crippen LogP contribution in [0.5, 0.6) is 0 Å². The zero-order valence-corrected chi connectivity index (χ0v) is 17.1. The summed E-state index contributed by atoms with van der Waals surface area (Å²) in [7, 11) is 0. The normalized spacial score (nSPS) is 12.3. The predicted octanol–water partition coefficient (Wildman–Crippen LogP) is 5.26. The summed E-state index contributed by atoms with van der Waals surface area (Å²) in [6, 6.07) is 7.21. The highest BCUT2D eigenvalue weighted by Gasteiger charge is 2.32. The fourth-order valence-corrected chi connectivity index (χ4v) is 3.57. The molecule has 0 N–H and O–H groups in total. The smallest absolute Gasteiger partial charge is 0.338 e. The SMILES string of the molecule is FC(F)(F)Cn1c(SCc2nc(-c3ccc(C(F)(F)F)cc3)no2)nnc1-c1ccncc1. The third-order valence-corrected chi connectivity index (χ3v) is 5.21. The van der Waals surface area contributed by atoms with E-state index in [4.69, 9.17) is 4.52 Å². The van der Waals surface area contributed by atoms with E-state index < -0.39 is 24.5 Å². The Balaban J connectivity index is 1.52. The number of aromatic nitrogens is 6. The second kappa shape index (κ2) is 8.84. The third-order valence-electron chi connectivity index (χ3n) is 4.26. The number of halogens is 6. The van der Waals surface area contributed by atoms with E-state index >= 15 is 0 Å². The molecule has 0 atom stereocenters. The minimum atomic E-state index is -4.51. The Bertz CT molecular complexity index is 1220. The van der Waals surface area contributed by atoms with Gasteiger partial charge in [-0.05, 0) is 24.3 Å². The van der Waals surface area contributed by atoms with Crippen LogP contribution in [-0.4, -0.2) is 36.1 Å². The molecule has 0 aliphatic rings. The van der Waals surface area contributed by atoms with E-state index in [1.165, 1.54) is 36.7 Å². The van der Waals surface area contributed by atoms with Gasteiger partial charge in [-0.15, -0.1) is 10.2 Å². The number of pyridine rings is 1. The lowest BCUT2D eigenvalue weighted by Gasteiger charge is -2.12. The van der Waals surface area contributed by atoms with Crippen LogP contribution in [0.1, 0.15) is 11.5 Å². The van der Waals surface area contributed by atoms with Crippen molar-refractivity contribution in [3.05, 3.63) is 60.2 Å². The number of nitrogens with zero attached hydrogens (tertiary/aromatic N) is 6. The molecule has 1 aromatic carbocycles. The first-order valence-electron chi connectivity index (χ1n) is 9.13. The van der Waals surface area contributed by atoms with E-state index in [1.807, 2.05) is 0 Å². The van der Waals surface area contributed by atoms with Crippen LogP contribution in [0.4, 0.5) is 26.3 Å². The number of alkyl halides is 6. The maximum atomic E-state index is 13.1. The molecule has 3 aromatic heterocycles. The number of benzene rings is 1. The van der Waals surface area contributed by atoms with E-state index in [2.05, 4.69) is 25.3 Å². The molecule has 0 aliphatic heterocycles. The van der Waals surface area contributed by atoms with Crippen molar-refractivity contribution in [1.82, 2.24) is 29.9 Å². The van der Waals surface area contributed by atoms with Crippen molar-refractivity contribution in [2.75, 3.05) is 0 Å². The summed E-state index contributed by atoms with van der Waals surface area (Å²) in [5.74, 6) is 0.101. The van der Waals surface area contributed by atoms with Crippen LogP contribution >= 0.6 is 11.8 Å². The topological polar surface area (TPSA) is 82.5 Å². The number of hydrogen-bond donors (Lipinski definition) is 0. The Morgan fingerprint density at radius 2 is 1.58 bits per heavy atom. The van der Waals surface area contributed by atoms with E-state index in [1.54, 1.807) is 0 Å². The summed E-state index contributed by atoms with van der Waals surface area (Å²) in [6.07, 6.45) is -6.13. The van der Waals surface area contributed by atoms with Crippen molar-refractivity contribution in [2.24, 2.45) is 0 Å². The molecule has 0 amide bonds. The van der Waals surface area contributed by atoms with Crippen LogP contribution in [0.2, 0.25) is 0 Å². The van der Waals surface area contributed by atoms with Crippen LogP contribution in [0.25, 0.3) is 22.8 Å². The monoisotopic (exact) mass is 486 g/mol. The van der Waals surface area contributed by atoms with Crippen LogP contribution in [0.3, 0.4) is 0 Å². The second-order valence-electron chi connectivity index (χ2n) is 6.62. The van der Waals surface area contributed by atoms with E-state index in [0.717, 1.165) is 28.5 Å². The fourth-order valence-electron chi connectivity index (χ4n) is 2.80. The van der Waals surface area contributed by atoms with Gasteiger partial charge in [-0.3, -0.25) is 9.55 Å². The second-order valence-corrected chi connectivity index (χ2v) is 7.56. The van der Waals surface area contributed by atoms with Crippen LogP contribution in [-0.2, 0) is 18.5 Å². The maximum Gasteiger partial charge on any atom is 0.416 e. The first-order valence-corrected chi connectivity index (χ1v) is 10.1. The summed E-state index contributed by atoms with van der Waals surface area (Å²) < 4.78 is 83.5. The minimum absolute atomic E-state index is 0.0200. The molecule has 33 heavy (non-hydrogen) atoms. The van der Waals surface area contributed by atoms with Gasteiger partial charge in [0.2, 0.25) is 11.7 Å². The van der Waals surface area contributed by atoms with Gasteiger partial charge in [-0.1, -0.05) is 29.1 Å². The molecule has 0 fully saturated rings. The Morgan fingerprint density at radius 1 is 0.879 bits per heavy atom. The molecule has 14 heteroatoms. The highest BCUT2D eigenvalue weighted by atomic mass is 32.2. The van der Waals surface area contributed by atoms with Gasteiger partial charge >= 0.3 is 12.4 Å². The van der Waals surface area contributed by atoms with E-state index in [0.29, 0.717) is 11.1 Å². The Morgan fingerprint density at radius 3 is 2.21 bits per heavy atom. The Hall–Kier alpha value is -3.42. The van der Waals surface area contributed by atoms with Crippen LogP contribution < -0.4 is 0 Å². The molecule has 0 unspecified atom stereocenters. The average molecular weight is 486 g/mol. The van der Waals surface area contributed by atoms with Gasteiger partial charge in [-0.25, -0.2) is 0 Å². The average Bonchev–Trinajstić information content (AvgIpc) is 3.38. The van der Waals surface area contributed by atoms with Crippen LogP contribution in [0.15, 0.2) is 58.5 Å². The zero-order valence-electron chi connectivity index (χ0n) is 16.3. The zero-order chi connectivity index (χ0) is 23.6. The lowest BCUT2D eigenvalue weighted by Crippen LogP contribution is -2.19. The van der Waals surface area contributed by atoms with Gasteiger partial charge in [0.25, 0.3) is 0 Å². The largest absolute Gasteiger partial charge is 0.416 e. The molecule has 0 aliphatic carbocycles. The first-order chi connectivity index (χ1) is 15.6. The van der Waals surface area contributed by atoms with Gasteiger partial charge < -0.3 is 4.52 Å². The summed E-state index contributed by atoms with van der Waals surface area (Å²) in [5, 5.41) is 11.4. The minimum Gasteiger partial charge on any atom is -0.338 e. The number of hydrogen-bond acceptors (Lipinski definition) is 7. The molecule has 0 bridgehead atoms. The van der Waals surface area contributed by atoms with Crippen molar-refractivity contribution in [3.8, 4) is 22.8 Å². The molecule has 4 aromatic rings. The Kier molecular flexibility index (Phi) is 6.10.